The van der Waals surface area contributed by atoms with Gasteiger partial charge in [0.15, 0.2) is 0 Å². The molecule has 5 heteroatoms. The van der Waals surface area contributed by atoms with Gasteiger partial charge in [-0.1, -0.05) is 127 Å². The molecule has 2 aromatic heterocycles. The van der Waals surface area contributed by atoms with E-state index in [0.29, 0.717) is 5.92 Å². The molecule has 45 heavy (non-hydrogen) atoms. The van der Waals surface area contributed by atoms with Gasteiger partial charge in [-0.25, -0.2) is 0 Å². The van der Waals surface area contributed by atoms with Gasteiger partial charge in [0.2, 0.25) is 0 Å². The van der Waals surface area contributed by atoms with Crippen LogP contribution in [0, 0.1) is 12.1 Å². The van der Waals surface area contributed by atoms with E-state index in [1.807, 2.05) is 42.5 Å². The summed E-state index contributed by atoms with van der Waals surface area (Å²) in [4.78, 5) is 9.12. The van der Waals surface area contributed by atoms with Crippen LogP contribution in [0.3, 0.4) is 0 Å². The van der Waals surface area contributed by atoms with Gasteiger partial charge in [0.1, 0.15) is 8.80 Å². The number of aromatic nitrogens is 2. The van der Waals surface area contributed by atoms with Crippen LogP contribution in [-0.2, 0) is 20.1 Å². The molecular weight excluding hydrogens is 757 g/mol. The molecule has 6 aromatic rings. The van der Waals surface area contributed by atoms with Crippen LogP contribution in [0.5, 0.6) is 0 Å². The summed E-state index contributed by atoms with van der Waals surface area (Å²) in [5, 5.41) is 5.87. The zero-order valence-corrected chi connectivity index (χ0v) is 30.8. The average Bonchev–Trinajstić information content (AvgIpc) is 3.39. The number of nitrogens with zero attached hydrogens (tertiary/aromatic N) is 2. The number of benzene rings is 4. The summed E-state index contributed by atoms with van der Waals surface area (Å²) in [6, 6.07) is 47.3. The minimum absolute atomic E-state index is 0. The monoisotopic (exact) mass is 794 g/mol. The summed E-state index contributed by atoms with van der Waals surface area (Å²) in [7, 11) is -2.48. The third-order valence-electron chi connectivity index (χ3n) is 8.06. The van der Waals surface area contributed by atoms with E-state index in [1.165, 1.54) is 37.4 Å². The van der Waals surface area contributed by atoms with Crippen molar-refractivity contribution in [3.05, 3.63) is 145 Å². The maximum absolute atomic E-state index is 4.90. The maximum atomic E-state index is 4.90. The second kappa shape index (κ2) is 14.1. The minimum Gasteiger partial charge on any atom is -0.305 e. The van der Waals surface area contributed by atoms with E-state index in [2.05, 4.69) is 130 Å². The van der Waals surface area contributed by atoms with E-state index in [4.69, 9.17) is 4.98 Å². The van der Waals surface area contributed by atoms with Crippen LogP contribution in [0.2, 0.25) is 19.6 Å². The molecule has 0 aliphatic carbocycles. The quantitative estimate of drug-likeness (QED) is 0.136. The van der Waals surface area contributed by atoms with E-state index >= 15 is 0 Å². The van der Waals surface area contributed by atoms with Gasteiger partial charge in [-0.3, -0.25) is 0 Å². The number of rotatable bonds is 5. The van der Waals surface area contributed by atoms with Crippen LogP contribution in [0.25, 0.3) is 33.6 Å². The zero-order chi connectivity index (χ0) is 30.7. The Kier molecular flexibility index (Phi) is 10.3. The van der Waals surface area contributed by atoms with Crippen LogP contribution in [-0.4, -0.2) is 26.8 Å². The predicted octanol–water partition coefficient (Wildman–Crippen LogP) is 7.26. The molecule has 0 spiro atoms. The third-order valence-corrected chi connectivity index (χ3v) is 12.9. The van der Waals surface area contributed by atoms with Crippen LogP contribution in [0.1, 0.15) is 25.3 Å². The summed E-state index contributed by atoms with van der Waals surface area (Å²) in [6.07, 6.45) is 3.90. The molecule has 3 heterocycles. The first-order valence-corrected chi connectivity index (χ1v) is 20.3. The molecule has 0 saturated heterocycles. The van der Waals surface area contributed by atoms with E-state index in [9.17, 15) is 0 Å². The Morgan fingerprint density at radius 2 is 1.40 bits per heavy atom. The SMILES string of the molecule is CC(C)c1cnc(-c2[c-]cc3c(c2)-c2ccccc2[Si]3c2ccccc2)cc1[Si](C)(C)C.[Ir].[c-]1ccccc1-c1ccccn1. The normalized spacial score (nSPS) is 12.0. The molecule has 0 fully saturated rings. The molecule has 0 atom stereocenters. The molecule has 0 saturated carbocycles. The van der Waals surface area contributed by atoms with Crippen molar-refractivity contribution >= 4 is 37.6 Å². The van der Waals surface area contributed by atoms with Crippen LogP contribution < -0.4 is 20.7 Å². The Morgan fingerprint density at radius 1 is 0.667 bits per heavy atom. The van der Waals surface area contributed by atoms with Crippen molar-refractivity contribution in [1.29, 1.82) is 0 Å². The molecule has 226 valence electrons. The smallest absolute Gasteiger partial charge is 0.105 e. The van der Waals surface area contributed by atoms with Gasteiger partial charge in [0, 0.05) is 32.5 Å². The molecule has 1 aliphatic heterocycles. The Balaban J connectivity index is 0.000000258. The molecule has 0 bridgehead atoms. The van der Waals surface area contributed by atoms with Gasteiger partial charge in [-0.15, -0.1) is 64.8 Å². The van der Waals surface area contributed by atoms with Gasteiger partial charge < -0.3 is 9.97 Å². The first-order chi connectivity index (χ1) is 21.3. The van der Waals surface area contributed by atoms with Gasteiger partial charge >= 0.3 is 0 Å². The Morgan fingerprint density at radius 3 is 2.09 bits per heavy atom. The first kappa shape index (κ1) is 32.7. The number of pyridine rings is 2. The second-order valence-corrected chi connectivity index (χ2v) is 20.0. The molecule has 0 unspecified atom stereocenters. The fraction of sp³-hybridized carbons (Fsp3) is 0.150. The summed E-state index contributed by atoms with van der Waals surface area (Å²) < 4.78 is 0. The van der Waals surface area contributed by atoms with Crippen molar-refractivity contribution in [2.45, 2.75) is 39.4 Å². The fourth-order valence-corrected chi connectivity index (χ4v) is 10.5. The maximum Gasteiger partial charge on any atom is 0.105 e. The topological polar surface area (TPSA) is 25.8 Å². The number of hydrogen-bond donors (Lipinski definition) is 0. The Labute approximate surface area is 284 Å². The molecule has 0 N–H and O–H groups in total. The molecule has 1 aliphatic rings. The van der Waals surface area contributed by atoms with Crippen LogP contribution in [0.4, 0.5) is 0 Å². The Hall–Kier alpha value is -3.74. The van der Waals surface area contributed by atoms with Crippen molar-refractivity contribution in [3.8, 4) is 33.6 Å². The minimum atomic E-state index is -1.49. The van der Waals surface area contributed by atoms with Crippen LogP contribution >= 0.6 is 0 Å². The van der Waals surface area contributed by atoms with Crippen molar-refractivity contribution in [2.75, 3.05) is 0 Å². The van der Waals surface area contributed by atoms with Gasteiger partial charge in [-0.05, 0) is 34.5 Å². The number of fused-ring (bicyclic) bond motifs is 3. The summed E-state index contributed by atoms with van der Waals surface area (Å²) in [5.41, 5.74) is 8.29. The van der Waals surface area contributed by atoms with Crippen LogP contribution in [0.15, 0.2) is 128 Å². The first-order valence-electron chi connectivity index (χ1n) is 15.3. The van der Waals surface area contributed by atoms with E-state index in [1.54, 1.807) is 6.20 Å². The van der Waals surface area contributed by atoms with E-state index in [0.717, 1.165) is 22.5 Å². The van der Waals surface area contributed by atoms with Crippen molar-refractivity contribution in [1.82, 2.24) is 9.97 Å². The summed E-state index contributed by atoms with van der Waals surface area (Å²) in [5.74, 6) is 0.491. The van der Waals surface area contributed by atoms with Gasteiger partial charge in [-0.2, -0.15) is 0 Å². The fourth-order valence-electron chi connectivity index (χ4n) is 5.86. The largest absolute Gasteiger partial charge is 0.305 e. The third kappa shape index (κ3) is 7.08. The van der Waals surface area contributed by atoms with Crippen molar-refractivity contribution in [2.24, 2.45) is 0 Å². The van der Waals surface area contributed by atoms with E-state index < -0.39 is 16.9 Å². The standard InChI is InChI=1S/C29H29NSi2.C11H8N.Ir/c1-20(2)25-19-30-26(18-29(25)32(3,4)5)21-15-16-28-24(17-21)23-13-9-10-14-27(23)31(28)22-11-7-6-8-12-22;1-2-6-10(7-3-1)11-8-4-5-9-12-11;/h6-14,16-20H,1-5H3;1-6,8-9H;/q2*-1;. The molecule has 2 radical (unpaired) electrons. The van der Waals surface area contributed by atoms with Crippen molar-refractivity contribution < 1.29 is 20.1 Å². The molecule has 4 aromatic carbocycles. The zero-order valence-electron chi connectivity index (χ0n) is 26.4. The molecule has 2 nitrogen and oxygen atoms in total. The molecule has 0 amide bonds. The van der Waals surface area contributed by atoms with Gasteiger partial charge in [0.25, 0.3) is 0 Å². The van der Waals surface area contributed by atoms with Crippen molar-refractivity contribution in [3.63, 3.8) is 0 Å². The summed E-state index contributed by atoms with van der Waals surface area (Å²) >= 11 is 0. The second-order valence-electron chi connectivity index (χ2n) is 12.5. The molecular formula is C40H37IrN2Si2-2. The molecule has 7 rings (SSSR count). The number of hydrogen-bond acceptors (Lipinski definition) is 2. The Bertz CT molecular complexity index is 1830. The predicted molar refractivity (Wildman–Crippen MR) is 191 cm³/mol. The van der Waals surface area contributed by atoms with Gasteiger partial charge in [0.05, 0.1) is 8.07 Å². The summed E-state index contributed by atoms with van der Waals surface area (Å²) in [6.45, 7) is 11.8. The average molecular weight is 794 g/mol. The van der Waals surface area contributed by atoms with E-state index in [-0.39, 0.29) is 20.1 Å².